The van der Waals surface area contributed by atoms with E-state index in [-0.39, 0.29) is 17.2 Å². The van der Waals surface area contributed by atoms with Crippen LogP contribution in [-0.4, -0.2) is 15.3 Å². The highest BCUT2D eigenvalue weighted by Crippen LogP contribution is 2.49. The molecule has 1 aromatic rings. The van der Waals surface area contributed by atoms with Crippen LogP contribution in [0.4, 0.5) is 0 Å². The molecule has 0 heterocycles. The van der Waals surface area contributed by atoms with Gasteiger partial charge in [0.15, 0.2) is 11.5 Å². The van der Waals surface area contributed by atoms with Crippen molar-refractivity contribution in [3.63, 3.8) is 0 Å². The van der Waals surface area contributed by atoms with Crippen molar-refractivity contribution >= 4 is 0 Å². The standard InChI is InChI=1S/C24H40O3/c1-5-23(2,3)13-9-6-7-11-18-17-20(25)19(22(27)21(18)26)12-8-10-14-24(4)15-16-24/h17,25-27H,5-16H2,1-4H3. The van der Waals surface area contributed by atoms with Gasteiger partial charge in [0.1, 0.15) is 5.75 Å². The van der Waals surface area contributed by atoms with Crippen LogP contribution in [0.3, 0.4) is 0 Å². The predicted molar refractivity (Wildman–Crippen MR) is 113 cm³/mol. The van der Waals surface area contributed by atoms with Gasteiger partial charge >= 0.3 is 0 Å². The van der Waals surface area contributed by atoms with Crippen LogP contribution in [-0.2, 0) is 12.8 Å². The van der Waals surface area contributed by atoms with Crippen molar-refractivity contribution in [2.24, 2.45) is 10.8 Å². The highest BCUT2D eigenvalue weighted by molar-refractivity contribution is 5.56. The van der Waals surface area contributed by atoms with Gasteiger partial charge in [-0.1, -0.05) is 53.4 Å². The summed E-state index contributed by atoms with van der Waals surface area (Å²) >= 11 is 0. The molecule has 0 bridgehead atoms. The van der Waals surface area contributed by atoms with Crippen molar-refractivity contribution in [2.75, 3.05) is 0 Å². The van der Waals surface area contributed by atoms with Crippen molar-refractivity contribution in [2.45, 2.75) is 105 Å². The third kappa shape index (κ3) is 6.62. The molecule has 3 heteroatoms. The van der Waals surface area contributed by atoms with E-state index in [4.69, 9.17) is 0 Å². The van der Waals surface area contributed by atoms with Crippen LogP contribution < -0.4 is 0 Å². The first-order valence-corrected chi connectivity index (χ1v) is 10.9. The molecular weight excluding hydrogens is 336 g/mol. The van der Waals surface area contributed by atoms with E-state index in [9.17, 15) is 15.3 Å². The minimum atomic E-state index is -0.116. The maximum Gasteiger partial charge on any atom is 0.164 e. The highest BCUT2D eigenvalue weighted by atomic mass is 16.3. The van der Waals surface area contributed by atoms with Gasteiger partial charge in [-0.3, -0.25) is 0 Å². The topological polar surface area (TPSA) is 60.7 Å². The second-order valence-electron chi connectivity index (χ2n) is 9.83. The van der Waals surface area contributed by atoms with Gasteiger partial charge in [-0.25, -0.2) is 0 Å². The molecule has 0 spiro atoms. The predicted octanol–water partition coefficient (Wildman–Crippen LogP) is 6.86. The third-order valence-electron chi connectivity index (χ3n) is 6.75. The molecular formula is C24H40O3. The number of hydrogen-bond donors (Lipinski definition) is 3. The molecule has 0 unspecified atom stereocenters. The largest absolute Gasteiger partial charge is 0.508 e. The molecule has 1 aliphatic carbocycles. The molecule has 2 rings (SSSR count). The fourth-order valence-electron chi connectivity index (χ4n) is 3.76. The van der Waals surface area contributed by atoms with E-state index in [1.54, 1.807) is 6.07 Å². The van der Waals surface area contributed by atoms with E-state index in [1.807, 2.05) is 0 Å². The zero-order chi connectivity index (χ0) is 20.1. The Balaban J connectivity index is 1.82. The molecule has 1 aliphatic rings. The number of phenolic OH excluding ortho intramolecular Hbond substituents is 3. The average Bonchev–Trinajstić information content (AvgIpc) is 3.35. The molecule has 0 radical (unpaired) electrons. The van der Waals surface area contributed by atoms with Crippen molar-refractivity contribution in [1.29, 1.82) is 0 Å². The molecule has 1 saturated carbocycles. The van der Waals surface area contributed by atoms with E-state index < -0.39 is 0 Å². The lowest BCUT2D eigenvalue weighted by molar-refractivity contribution is 0.308. The molecule has 0 aromatic heterocycles. The van der Waals surface area contributed by atoms with E-state index in [0.29, 0.717) is 34.8 Å². The molecule has 154 valence electrons. The number of hydrogen-bond acceptors (Lipinski definition) is 3. The summed E-state index contributed by atoms with van der Waals surface area (Å²) in [5.74, 6) is -0.0226. The fraction of sp³-hybridized carbons (Fsp3) is 0.750. The van der Waals surface area contributed by atoms with Gasteiger partial charge in [-0.05, 0) is 68.3 Å². The lowest BCUT2D eigenvalue weighted by Crippen LogP contribution is -2.08. The molecule has 0 amide bonds. The van der Waals surface area contributed by atoms with Gasteiger partial charge in [-0.2, -0.15) is 0 Å². The number of aromatic hydroxyl groups is 3. The Hall–Kier alpha value is -1.38. The van der Waals surface area contributed by atoms with Crippen LogP contribution in [0.2, 0.25) is 0 Å². The summed E-state index contributed by atoms with van der Waals surface area (Å²) in [4.78, 5) is 0. The van der Waals surface area contributed by atoms with Gasteiger partial charge in [0.2, 0.25) is 0 Å². The molecule has 1 fully saturated rings. The zero-order valence-electron chi connectivity index (χ0n) is 17.9. The van der Waals surface area contributed by atoms with Gasteiger partial charge in [0, 0.05) is 11.1 Å². The molecule has 0 aliphatic heterocycles. The number of rotatable bonds is 12. The third-order valence-corrected chi connectivity index (χ3v) is 6.75. The molecule has 0 saturated heterocycles. The van der Waals surface area contributed by atoms with Crippen molar-refractivity contribution in [3.8, 4) is 17.2 Å². The van der Waals surface area contributed by atoms with Crippen LogP contribution in [0.15, 0.2) is 6.07 Å². The molecule has 1 aromatic carbocycles. The monoisotopic (exact) mass is 376 g/mol. The Bertz CT molecular complexity index is 615. The zero-order valence-corrected chi connectivity index (χ0v) is 17.9. The second-order valence-corrected chi connectivity index (χ2v) is 9.83. The summed E-state index contributed by atoms with van der Waals surface area (Å²) in [6, 6.07) is 1.66. The van der Waals surface area contributed by atoms with Crippen LogP contribution >= 0.6 is 0 Å². The first-order valence-electron chi connectivity index (χ1n) is 10.9. The Morgan fingerprint density at radius 3 is 2.22 bits per heavy atom. The SMILES string of the molecule is CCC(C)(C)CCCCCc1cc(O)c(CCCCC2(C)CC2)c(O)c1O. The molecule has 3 nitrogen and oxygen atoms in total. The lowest BCUT2D eigenvalue weighted by atomic mass is 9.84. The summed E-state index contributed by atoms with van der Waals surface area (Å²) < 4.78 is 0. The lowest BCUT2D eigenvalue weighted by Gasteiger charge is -2.22. The van der Waals surface area contributed by atoms with Gasteiger partial charge in [0.25, 0.3) is 0 Å². The number of unbranched alkanes of at least 4 members (excludes halogenated alkanes) is 3. The molecule has 0 atom stereocenters. The summed E-state index contributed by atoms with van der Waals surface area (Å²) in [7, 11) is 0. The number of aryl methyl sites for hydroxylation is 1. The first-order chi connectivity index (χ1) is 12.7. The summed E-state index contributed by atoms with van der Waals surface area (Å²) in [6.07, 6.45) is 12.9. The number of phenols is 3. The van der Waals surface area contributed by atoms with E-state index in [0.717, 1.165) is 25.7 Å². The Kier molecular flexibility index (Phi) is 7.47. The first kappa shape index (κ1) is 21.9. The second kappa shape index (κ2) is 9.21. The maximum atomic E-state index is 10.4. The van der Waals surface area contributed by atoms with Crippen LogP contribution in [0, 0.1) is 10.8 Å². The fourth-order valence-corrected chi connectivity index (χ4v) is 3.76. The molecule has 27 heavy (non-hydrogen) atoms. The van der Waals surface area contributed by atoms with Crippen molar-refractivity contribution in [3.05, 3.63) is 17.2 Å². The smallest absolute Gasteiger partial charge is 0.164 e. The van der Waals surface area contributed by atoms with Crippen molar-refractivity contribution < 1.29 is 15.3 Å². The summed E-state index contributed by atoms with van der Waals surface area (Å²) in [6.45, 7) is 9.17. The van der Waals surface area contributed by atoms with Gasteiger partial charge in [0.05, 0.1) is 0 Å². The Morgan fingerprint density at radius 1 is 0.926 bits per heavy atom. The van der Waals surface area contributed by atoms with Crippen LogP contribution in [0.1, 0.15) is 103 Å². The highest BCUT2D eigenvalue weighted by Gasteiger charge is 2.36. The van der Waals surface area contributed by atoms with E-state index in [2.05, 4.69) is 27.7 Å². The van der Waals surface area contributed by atoms with Crippen LogP contribution in [0.5, 0.6) is 17.2 Å². The summed E-state index contributed by atoms with van der Waals surface area (Å²) in [5, 5.41) is 31.1. The Labute approximate surface area is 165 Å². The minimum Gasteiger partial charge on any atom is -0.508 e. The number of benzene rings is 1. The van der Waals surface area contributed by atoms with E-state index >= 15 is 0 Å². The molecule has 3 N–H and O–H groups in total. The van der Waals surface area contributed by atoms with E-state index in [1.165, 1.54) is 38.5 Å². The Morgan fingerprint density at radius 2 is 1.59 bits per heavy atom. The van der Waals surface area contributed by atoms with Gasteiger partial charge in [-0.15, -0.1) is 0 Å². The summed E-state index contributed by atoms with van der Waals surface area (Å²) in [5.41, 5.74) is 2.11. The van der Waals surface area contributed by atoms with Crippen LogP contribution in [0.25, 0.3) is 0 Å². The normalized spacial score (nSPS) is 15.9. The van der Waals surface area contributed by atoms with Crippen molar-refractivity contribution in [1.82, 2.24) is 0 Å². The quantitative estimate of drug-likeness (QED) is 0.212. The van der Waals surface area contributed by atoms with Gasteiger partial charge < -0.3 is 15.3 Å². The minimum absolute atomic E-state index is 0.0363. The maximum absolute atomic E-state index is 10.4. The average molecular weight is 377 g/mol.